The first-order valence-corrected chi connectivity index (χ1v) is 9.62. The highest BCUT2D eigenvalue weighted by atomic mass is 19.4. The van der Waals surface area contributed by atoms with Crippen molar-refractivity contribution in [1.82, 2.24) is 0 Å². The number of anilines is 1. The highest BCUT2D eigenvalue weighted by Crippen LogP contribution is 2.31. The molecule has 0 unspecified atom stereocenters. The summed E-state index contributed by atoms with van der Waals surface area (Å²) in [5, 5.41) is 2.31. The Morgan fingerprint density at radius 2 is 1.39 bits per heavy atom. The molecule has 3 aromatic rings. The molecule has 0 saturated carbocycles. The van der Waals surface area contributed by atoms with Crippen LogP contribution in [0.2, 0.25) is 0 Å². The van der Waals surface area contributed by atoms with Crippen LogP contribution in [0.15, 0.2) is 66.7 Å². The number of rotatable bonds is 4. The van der Waals surface area contributed by atoms with E-state index in [1.807, 2.05) is 0 Å². The first-order valence-electron chi connectivity index (χ1n) is 9.62. The number of hydrogen-bond acceptors (Lipinski definition) is 5. The number of amides is 1. The van der Waals surface area contributed by atoms with Crippen LogP contribution in [0.25, 0.3) is 0 Å². The minimum absolute atomic E-state index is 0.0577. The van der Waals surface area contributed by atoms with E-state index in [-0.39, 0.29) is 33.5 Å². The molecule has 0 radical (unpaired) electrons. The maximum atomic E-state index is 12.9. The second-order valence-electron chi connectivity index (χ2n) is 7.13. The van der Waals surface area contributed by atoms with Gasteiger partial charge in [-0.15, -0.1) is 0 Å². The van der Waals surface area contributed by atoms with Gasteiger partial charge in [-0.1, -0.05) is 36.4 Å². The lowest BCUT2D eigenvalue weighted by atomic mass is 9.82. The molecular weight excluding hydrogens is 439 g/mol. The Bertz CT molecular complexity index is 1300. The van der Waals surface area contributed by atoms with Crippen LogP contribution in [0.3, 0.4) is 0 Å². The van der Waals surface area contributed by atoms with E-state index >= 15 is 0 Å². The van der Waals surface area contributed by atoms with Crippen molar-refractivity contribution in [3.63, 3.8) is 0 Å². The number of alkyl halides is 3. The quantitative estimate of drug-likeness (QED) is 0.466. The maximum absolute atomic E-state index is 12.9. The summed E-state index contributed by atoms with van der Waals surface area (Å²) in [7, 11) is 0. The number of benzene rings is 3. The van der Waals surface area contributed by atoms with Crippen LogP contribution in [-0.4, -0.2) is 30.0 Å². The van der Waals surface area contributed by atoms with Crippen LogP contribution in [0.1, 0.15) is 47.8 Å². The molecule has 3 aromatic carbocycles. The predicted molar refractivity (Wildman–Crippen MR) is 110 cm³/mol. The molecule has 33 heavy (non-hydrogen) atoms. The van der Waals surface area contributed by atoms with Gasteiger partial charge in [0.05, 0.1) is 11.1 Å². The minimum atomic E-state index is -4.51. The van der Waals surface area contributed by atoms with Crippen molar-refractivity contribution in [1.29, 1.82) is 0 Å². The molecule has 0 spiro atoms. The Labute approximate surface area is 185 Å². The van der Waals surface area contributed by atoms with Gasteiger partial charge in [0.25, 0.3) is 5.91 Å². The topological polar surface area (TPSA) is 89.5 Å². The molecule has 1 aliphatic rings. The van der Waals surface area contributed by atoms with Gasteiger partial charge in [0.1, 0.15) is 0 Å². The van der Waals surface area contributed by atoms with E-state index in [4.69, 9.17) is 4.74 Å². The van der Waals surface area contributed by atoms with E-state index < -0.39 is 41.8 Å². The fourth-order valence-corrected chi connectivity index (χ4v) is 3.46. The molecule has 166 valence electrons. The number of fused-ring (bicyclic) bond motifs is 2. The third kappa shape index (κ3) is 4.25. The standard InChI is InChI=1S/C24H14F3NO5/c25-24(26,27)13-8-10-14(11-9-13)28-19(29)12-33-23(32)18-7-3-6-17-20(18)22(31)16-5-2-1-4-15(16)21(17)30/h1-11H,12H2,(H,28,29). The lowest BCUT2D eigenvalue weighted by Crippen LogP contribution is -2.26. The van der Waals surface area contributed by atoms with Gasteiger partial charge in [-0.25, -0.2) is 4.79 Å². The van der Waals surface area contributed by atoms with Crippen molar-refractivity contribution in [2.75, 3.05) is 11.9 Å². The average Bonchev–Trinajstić information content (AvgIpc) is 2.80. The van der Waals surface area contributed by atoms with Crippen LogP contribution >= 0.6 is 0 Å². The first kappa shape index (κ1) is 21.9. The van der Waals surface area contributed by atoms with E-state index in [0.717, 1.165) is 24.3 Å². The number of carbonyl (C=O) groups excluding carboxylic acids is 4. The molecule has 0 saturated heterocycles. The van der Waals surface area contributed by atoms with Gasteiger partial charge in [-0.3, -0.25) is 14.4 Å². The molecule has 0 aromatic heterocycles. The number of ether oxygens (including phenoxy) is 1. The molecule has 0 aliphatic heterocycles. The third-order valence-electron chi connectivity index (χ3n) is 5.00. The van der Waals surface area contributed by atoms with E-state index in [9.17, 15) is 32.3 Å². The Morgan fingerprint density at radius 3 is 2.03 bits per heavy atom. The smallest absolute Gasteiger partial charge is 0.416 e. The Balaban J connectivity index is 1.47. The van der Waals surface area contributed by atoms with Gasteiger partial charge in [0.15, 0.2) is 18.2 Å². The van der Waals surface area contributed by atoms with Gasteiger partial charge >= 0.3 is 12.1 Å². The lowest BCUT2D eigenvalue weighted by molar-refractivity contribution is -0.137. The van der Waals surface area contributed by atoms with Gasteiger partial charge in [0, 0.05) is 27.9 Å². The average molecular weight is 453 g/mol. The van der Waals surface area contributed by atoms with Crippen LogP contribution in [0, 0.1) is 0 Å². The van der Waals surface area contributed by atoms with Crippen molar-refractivity contribution in [2.24, 2.45) is 0 Å². The van der Waals surface area contributed by atoms with Gasteiger partial charge in [-0.05, 0) is 30.3 Å². The number of hydrogen-bond donors (Lipinski definition) is 1. The highest BCUT2D eigenvalue weighted by Gasteiger charge is 2.33. The molecule has 0 bridgehead atoms. The molecule has 0 fully saturated rings. The number of esters is 1. The van der Waals surface area contributed by atoms with Crippen molar-refractivity contribution in [2.45, 2.75) is 6.18 Å². The van der Waals surface area contributed by atoms with Crippen LogP contribution in [0.4, 0.5) is 18.9 Å². The predicted octanol–water partition coefficient (Wildman–Crippen LogP) is 4.28. The third-order valence-corrected chi connectivity index (χ3v) is 5.00. The normalized spacial score (nSPS) is 12.6. The van der Waals surface area contributed by atoms with E-state index in [2.05, 4.69) is 5.32 Å². The van der Waals surface area contributed by atoms with Crippen molar-refractivity contribution in [3.8, 4) is 0 Å². The Hall–Kier alpha value is -4.27. The molecular formula is C24H14F3NO5. The largest absolute Gasteiger partial charge is 0.452 e. The zero-order valence-corrected chi connectivity index (χ0v) is 16.7. The van der Waals surface area contributed by atoms with Crippen molar-refractivity contribution < 1.29 is 37.1 Å². The number of halogens is 3. The molecule has 9 heteroatoms. The summed E-state index contributed by atoms with van der Waals surface area (Å²) in [6, 6.07) is 14.1. The van der Waals surface area contributed by atoms with Gasteiger partial charge in [0.2, 0.25) is 0 Å². The fourth-order valence-electron chi connectivity index (χ4n) is 3.46. The summed E-state index contributed by atoms with van der Waals surface area (Å²) in [5.41, 5.74) is -0.605. The summed E-state index contributed by atoms with van der Waals surface area (Å²) < 4.78 is 42.8. The summed E-state index contributed by atoms with van der Waals surface area (Å²) in [6.45, 7) is -0.748. The summed E-state index contributed by atoms with van der Waals surface area (Å²) in [4.78, 5) is 50.4. The van der Waals surface area contributed by atoms with E-state index in [0.29, 0.717) is 0 Å². The summed E-state index contributed by atoms with van der Waals surface area (Å²) in [5.74, 6) is -2.70. The molecule has 4 rings (SSSR count). The Morgan fingerprint density at radius 1 is 0.788 bits per heavy atom. The fraction of sp³-hybridized carbons (Fsp3) is 0.0833. The zero-order valence-electron chi connectivity index (χ0n) is 16.7. The number of nitrogens with one attached hydrogen (secondary N) is 1. The van der Waals surface area contributed by atoms with Crippen molar-refractivity contribution in [3.05, 3.63) is 100 Å². The maximum Gasteiger partial charge on any atom is 0.416 e. The van der Waals surface area contributed by atoms with Crippen LogP contribution < -0.4 is 5.32 Å². The summed E-state index contributed by atoms with van der Waals surface area (Å²) in [6.07, 6.45) is -4.51. The van der Waals surface area contributed by atoms with Gasteiger partial charge in [-0.2, -0.15) is 13.2 Å². The molecule has 1 N–H and O–H groups in total. The second-order valence-corrected chi connectivity index (χ2v) is 7.13. The second kappa shape index (κ2) is 8.34. The summed E-state index contributed by atoms with van der Waals surface area (Å²) >= 11 is 0. The van der Waals surface area contributed by atoms with Gasteiger partial charge < -0.3 is 10.1 Å². The van der Waals surface area contributed by atoms with Crippen LogP contribution in [-0.2, 0) is 15.7 Å². The molecule has 6 nitrogen and oxygen atoms in total. The minimum Gasteiger partial charge on any atom is -0.452 e. The highest BCUT2D eigenvalue weighted by molar-refractivity contribution is 6.30. The van der Waals surface area contributed by atoms with E-state index in [1.165, 1.54) is 30.3 Å². The van der Waals surface area contributed by atoms with Crippen LogP contribution in [0.5, 0.6) is 0 Å². The molecule has 1 amide bonds. The van der Waals surface area contributed by atoms with E-state index in [1.54, 1.807) is 12.1 Å². The van der Waals surface area contributed by atoms with Crippen molar-refractivity contribution >= 4 is 29.1 Å². The monoisotopic (exact) mass is 453 g/mol. The lowest BCUT2D eigenvalue weighted by Gasteiger charge is -2.19. The first-order chi connectivity index (χ1) is 15.7. The molecule has 0 atom stereocenters. The molecule has 1 aliphatic carbocycles. The number of ketones is 2. The zero-order chi connectivity index (χ0) is 23.8. The Kier molecular flexibility index (Phi) is 5.55. The molecule has 0 heterocycles. The SMILES string of the molecule is O=C(COC(=O)c1cccc2c1C(=O)c1ccccc1C2=O)Nc1ccc(C(F)(F)F)cc1. The number of carbonyl (C=O) groups is 4.